The minimum Gasteiger partial charge on any atom is -0.277 e. The largest absolute Gasteiger partial charge is 0.328 e. The predicted molar refractivity (Wildman–Crippen MR) is 58.5 cm³/mol. The summed E-state index contributed by atoms with van der Waals surface area (Å²) in [6, 6.07) is -0.720. The molecule has 0 aromatic rings. The molecule has 16 heavy (non-hydrogen) atoms. The summed E-state index contributed by atoms with van der Waals surface area (Å²) >= 11 is 0. The number of urea groups is 1. The third kappa shape index (κ3) is 1.81. The minimum atomic E-state index is -1.09. The molecule has 1 aliphatic rings. The van der Waals surface area contributed by atoms with Crippen LogP contribution in [0.5, 0.6) is 0 Å². The molecule has 0 aromatic heterocycles. The van der Waals surface area contributed by atoms with Gasteiger partial charge in [0.15, 0.2) is 0 Å². The van der Waals surface area contributed by atoms with Crippen molar-refractivity contribution in [1.29, 1.82) is 0 Å². The lowest BCUT2D eigenvalue weighted by atomic mass is 9.70. The van der Waals surface area contributed by atoms with E-state index in [1.165, 1.54) is 0 Å². The first-order valence-corrected chi connectivity index (χ1v) is 5.65. The van der Waals surface area contributed by atoms with Crippen LogP contribution in [0.3, 0.4) is 0 Å². The second-order valence-corrected chi connectivity index (χ2v) is 4.25. The van der Waals surface area contributed by atoms with E-state index in [9.17, 15) is 14.4 Å². The first-order chi connectivity index (χ1) is 7.48. The highest BCUT2D eigenvalue weighted by atomic mass is 16.2. The fraction of sp³-hybridized carbons (Fsp3) is 0.727. The Morgan fingerprint density at radius 2 is 1.62 bits per heavy atom. The number of hydrogen-bond acceptors (Lipinski definition) is 3. The standard InChI is InChI=1S/C11H18N2O3/c1-4-6-7(3)11(5-2)8(14)12-10(16)13-9(11)15/h7H,4-6H2,1-3H3,(H2,12,13,14,15,16)/t7-/m1/s1. The fourth-order valence-electron chi connectivity index (χ4n) is 2.36. The van der Waals surface area contributed by atoms with Crippen molar-refractivity contribution in [1.82, 2.24) is 10.6 Å². The number of carbonyl (C=O) groups excluding carboxylic acids is 3. The van der Waals surface area contributed by atoms with E-state index in [4.69, 9.17) is 0 Å². The summed E-state index contributed by atoms with van der Waals surface area (Å²) in [5, 5.41) is 4.36. The minimum absolute atomic E-state index is 0.0735. The van der Waals surface area contributed by atoms with E-state index in [-0.39, 0.29) is 5.92 Å². The second kappa shape index (κ2) is 4.63. The van der Waals surface area contributed by atoms with E-state index in [1.54, 1.807) is 6.92 Å². The molecule has 0 saturated carbocycles. The van der Waals surface area contributed by atoms with Crippen LogP contribution in [0.25, 0.3) is 0 Å². The molecule has 90 valence electrons. The second-order valence-electron chi connectivity index (χ2n) is 4.25. The molecule has 1 heterocycles. The maximum absolute atomic E-state index is 11.9. The zero-order valence-corrected chi connectivity index (χ0v) is 9.92. The van der Waals surface area contributed by atoms with Crippen molar-refractivity contribution in [3.05, 3.63) is 0 Å². The fourth-order valence-corrected chi connectivity index (χ4v) is 2.36. The Hall–Kier alpha value is -1.39. The molecular formula is C11H18N2O3. The highest BCUT2D eigenvalue weighted by Gasteiger charge is 2.52. The molecule has 1 fully saturated rings. The third-order valence-corrected chi connectivity index (χ3v) is 3.39. The number of imide groups is 2. The molecule has 0 unspecified atom stereocenters. The Morgan fingerprint density at radius 1 is 1.12 bits per heavy atom. The molecule has 0 aliphatic carbocycles. The van der Waals surface area contributed by atoms with Crippen molar-refractivity contribution in [3.8, 4) is 0 Å². The van der Waals surface area contributed by atoms with Gasteiger partial charge in [0.05, 0.1) is 0 Å². The van der Waals surface area contributed by atoms with E-state index >= 15 is 0 Å². The maximum Gasteiger partial charge on any atom is 0.328 e. The van der Waals surface area contributed by atoms with E-state index in [2.05, 4.69) is 10.6 Å². The van der Waals surface area contributed by atoms with Gasteiger partial charge < -0.3 is 0 Å². The number of amides is 4. The highest BCUT2D eigenvalue weighted by molar-refractivity contribution is 6.19. The van der Waals surface area contributed by atoms with E-state index in [0.717, 1.165) is 12.8 Å². The summed E-state index contributed by atoms with van der Waals surface area (Å²) in [6.07, 6.45) is 2.08. The molecular weight excluding hydrogens is 208 g/mol. The van der Waals surface area contributed by atoms with Crippen LogP contribution in [0.4, 0.5) is 4.79 Å². The quantitative estimate of drug-likeness (QED) is 0.707. The van der Waals surface area contributed by atoms with E-state index in [1.807, 2.05) is 13.8 Å². The lowest BCUT2D eigenvalue weighted by molar-refractivity contribution is -0.148. The number of carbonyl (C=O) groups is 3. The molecule has 1 atom stereocenters. The van der Waals surface area contributed by atoms with E-state index < -0.39 is 23.3 Å². The van der Waals surface area contributed by atoms with Gasteiger partial charge in [0, 0.05) is 0 Å². The predicted octanol–water partition coefficient (Wildman–Crippen LogP) is 1.18. The molecule has 0 spiro atoms. The topological polar surface area (TPSA) is 75.3 Å². The van der Waals surface area contributed by atoms with Crippen LogP contribution in [-0.4, -0.2) is 17.8 Å². The zero-order valence-electron chi connectivity index (χ0n) is 9.92. The Morgan fingerprint density at radius 3 is 2.00 bits per heavy atom. The van der Waals surface area contributed by atoms with Gasteiger partial charge >= 0.3 is 6.03 Å². The first kappa shape index (κ1) is 12.7. The van der Waals surface area contributed by atoms with Crippen LogP contribution in [0.15, 0.2) is 0 Å². The summed E-state index contributed by atoms with van der Waals surface area (Å²) in [7, 11) is 0. The maximum atomic E-state index is 11.9. The molecule has 1 aliphatic heterocycles. The van der Waals surface area contributed by atoms with Crippen LogP contribution in [0.2, 0.25) is 0 Å². The van der Waals surface area contributed by atoms with Crippen molar-refractivity contribution in [2.24, 2.45) is 11.3 Å². The number of hydrogen-bond donors (Lipinski definition) is 2. The number of rotatable bonds is 4. The average Bonchev–Trinajstić information content (AvgIpc) is 2.18. The zero-order chi connectivity index (χ0) is 12.3. The van der Waals surface area contributed by atoms with Gasteiger partial charge in [0.25, 0.3) is 0 Å². The van der Waals surface area contributed by atoms with Crippen molar-refractivity contribution >= 4 is 17.8 Å². The van der Waals surface area contributed by atoms with Crippen LogP contribution < -0.4 is 10.6 Å². The van der Waals surface area contributed by atoms with Crippen LogP contribution in [-0.2, 0) is 9.59 Å². The normalized spacial score (nSPS) is 21.3. The number of nitrogens with one attached hydrogen (secondary N) is 2. The highest BCUT2D eigenvalue weighted by Crippen LogP contribution is 2.36. The van der Waals surface area contributed by atoms with Gasteiger partial charge in [-0.3, -0.25) is 20.2 Å². The lowest BCUT2D eigenvalue weighted by Crippen LogP contribution is -2.64. The lowest BCUT2D eigenvalue weighted by Gasteiger charge is -2.37. The summed E-state index contributed by atoms with van der Waals surface area (Å²) in [5.74, 6) is -1.01. The van der Waals surface area contributed by atoms with Crippen LogP contribution >= 0.6 is 0 Å². The van der Waals surface area contributed by atoms with E-state index in [0.29, 0.717) is 6.42 Å². The van der Waals surface area contributed by atoms with Crippen LogP contribution in [0.1, 0.15) is 40.0 Å². The van der Waals surface area contributed by atoms with Gasteiger partial charge in [0.1, 0.15) is 5.41 Å². The summed E-state index contributed by atoms with van der Waals surface area (Å²) in [5.41, 5.74) is -1.09. The van der Waals surface area contributed by atoms with Gasteiger partial charge in [-0.05, 0) is 18.8 Å². The van der Waals surface area contributed by atoms with Crippen molar-refractivity contribution in [3.63, 3.8) is 0 Å². The first-order valence-electron chi connectivity index (χ1n) is 5.65. The van der Waals surface area contributed by atoms with Gasteiger partial charge in [0.2, 0.25) is 11.8 Å². The van der Waals surface area contributed by atoms with Gasteiger partial charge in [-0.2, -0.15) is 0 Å². The van der Waals surface area contributed by atoms with Gasteiger partial charge in [-0.25, -0.2) is 4.79 Å². The average molecular weight is 226 g/mol. The van der Waals surface area contributed by atoms with Gasteiger partial charge in [-0.15, -0.1) is 0 Å². The molecule has 5 nitrogen and oxygen atoms in total. The smallest absolute Gasteiger partial charge is 0.277 e. The van der Waals surface area contributed by atoms with Crippen LogP contribution in [0, 0.1) is 11.3 Å². The summed E-state index contributed by atoms with van der Waals surface area (Å²) < 4.78 is 0. The van der Waals surface area contributed by atoms with Crippen molar-refractivity contribution < 1.29 is 14.4 Å². The molecule has 0 aromatic carbocycles. The Kier molecular flexibility index (Phi) is 3.67. The SMILES string of the molecule is CCC[C@@H](C)C1(CC)C(=O)NC(=O)NC1=O. The molecule has 2 N–H and O–H groups in total. The Labute approximate surface area is 95.0 Å². The third-order valence-electron chi connectivity index (χ3n) is 3.39. The molecule has 0 radical (unpaired) electrons. The molecule has 5 heteroatoms. The van der Waals surface area contributed by atoms with Gasteiger partial charge in [-0.1, -0.05) is 27.2 Å². The monoisotopic (exact) mass is 226 g/mol. The summed E-state index contributed by atoms with van der Waals surface area (Å²) in [6.45, 7) is 5.67. The Bertz CT molecular complexity index is 305. The van der Waals surface area contributed by atoms with Crippen molar-refractivity contribution in [2.75, 3.05) is 0 Å². The molecule has 0 bridgehead atoms. The molecule has 4 amide bonds. The number of barbiturate groups is 1. The molecule has 1 rings (SSSR count). The summed E-state index contributed by atoms with van der Waals surface area (Å²) in [4.78, 5) is 34.8. The van der Waals surface area contributed by atoms with Crippen molar-refractivity contribution in [2.45, 2.75) is 40.0 Å². The molecule has 1 saturated heterocycles. The Balaban J connectivity index is 3.05.